The maximum Gasteiger partial charge on any atom is 0.312 e. The lowest BCUT2D eigenvalue weighted by Crippen LogP contribution is -2.35. The van der Waals surface area contributed by atoms with E-state index in [9.17, 15) is 19.0 Å². The van der Waals surface area contributed by atoms with Gasteiger partial charge in [-0.2, -0.15) is 4.31 Å². The van der Waals surface area contributed by atoms with Crippen LogP contribution in [0.5, 0.6) is 5.75 Å². The lowest BCUT2D eigenvalue weighted by Gasteiger charge is -2.42. The molecule has 2 atom stereocenters. The minimum atomic E-state index is -3.36. The quantitative estimate of drug-likeness (QED) is 0.187. The number of carboxylic acids is 1. The summed E-state index contributed by atoms with van der Waals surface area (Å²) in [6.45, 7) is 9.73. The van der Waals surface area contributed by atoms with E-state index in [0.717, 1.165) is 11.1 Å². The Labute approximate surface area is 260 Å². The van der Waals surface area contributed by atoms with E-state index in [1.807, 2.05) is 38.1 Å². The van der Waals surface area contributed by atoms with Crippen molar-refractivity contribution >= 4 is 16.7 Å². The van der Waals surface area contributed by atoms with Crippen LogP contribution in [0.25, 0.3) is 0 Å². The molecule has 13 heteroatoms. The molecule has 0 bridgehead atoms. The van der Waals surface area contributed by atoms with E-state index >= 15 is 0 Å². The van der Waals surface area contributed by atoms with Gasteiger partial charge >= 0.3 is 5.97 Å². The van der Waals surface area contributed by atoms with Crippen LogP contribution in [0.4, 0.5) is 0 Å². The van der Waals surface area contributed by atoms with Crippen molar-refractivity contribution in [3.05, 3.63) is 71.0 Å². The molecule has 12 nitrogen and oxygen atoms in total. The molecule has 0 saturated carbocycles. The molecular weight excluding hydrogens is 588 g/mol. The number of aryl methyl sites for hydroxylation is 1. The van der Waals surface area contributed by atoms with Gasteiger partial charge in [-0.1, -0.05) is 42.5 Å². The number of aliphatic carboxylic acids is 1. The van der Waals surface area contributed by atoms with Gasteiger partial charge in [-0.25, -0.2) is 4.68 Å². The maximum atomic E-state index is 12.4. The number of rotatable bonds is 15. The average molecular weight is 633 g/mol. The van der Waals surface area contributed by atoms with Crippen LogP contribution in [0.1, 0.15) is 55.7 Å². The van der Waals surface area contributed by atoms with Crippen LogP contribution in [-0.4, -0.2) is 79.1 Å². The number of carboxylic acid groups (broad SMARTS) is 1. The molecule has 0 radical (unpaired) electrons. The van der Waals surface area contributed by atoms with Gasteiger partial charge in [0.05, 0.1) is 57.2 Å². The van der Waals surface area contributed by atoms with E-state index in [1.165, 1.54) is 0 Å². The summed E-state index contributed by atoms with van der Waals surface area (Å²) in [4.78, 5) is 12.8. The Balaban J connectivity index is 1.56. The summed E-state index contributed by atoms with van der Waals surface area (Å²) < 4.78 is 49.1. The van der Waals surface area contributed by atoms with Gasteiger partial charge in [0, 0.05) is 13.7 Å². The van der Waals surface area contributed by atoms with Crippen molar-refractivity contribution in [1.29, 1.82) is 0 Å². The second-order valence-corrected chi connectivity index (χ2v) is 13.4. The first-order valence-electron chi connectivity index (χ1n) is 14.7. The number of ether oxygens (including phenoxy) is 4. The summed E-state index contributed by atoms with van der Waals surface area (Å²) in [6, 6.07) is 12.7. The van der Waals surface area contributed by atoms with Crippen LogP contribution >= 0.6 is 10.8 Å². The van der Waals surface area contributed by atoms with Gasteiger partial charge in [-0.05, 0) is 56.0 Å². The first-order valence-corrected chi connectivity index (χ1v) is 16.2. The Hall–Kier alpha value is -3.04. The Morgan fingerprint density at radius 1 is 1.18 bits per heavy atom. The summed E-state index contributed by atoms with van der Waals surface area (Å²) >= 11 is 0. The first-order chi connectivity index (χ1) is 21.0. The highest BCUT2D eigenvalue weighted by Crippen LogP contribution is 2.57. The van der Waals surface area contributed by atoms with E-state index in [2.05, 4.69) is 10.3 Å². The smallest absolute Gasteiger partial charge is 0.312 e. The number of carbonyl (C=O) groups is 1. The number of benzene rings is 2. The van der Waals surface area contributed by atoms with Crippen molar-refractivity contribution < 1.29 is 38.0 Å². The van der Waals surface area contributed by atoms with Crippen molar-refractivity contribution in [2.45, 2.75) is 70.9 Å². The highest BCUT2D eigenvalue weighted by Gasteiger charge is 2.40. The number of hydrogen-bond donors (Lipinski definition) is 3. The SMILES string of the molecule is CCC1CN(Cc2cc(C(OCc3cn(CCOCCOC)nn3)C(C)(C)C(=O)O)ccc2C)S(O)(O)c2ccccc2O1. The number of nitrogens with zero attached hydrogens (tertiary/aromatic N) is 4. The molecule has 0 amide bonds. The fourth-order valence-corrected chi connectivity index (χ4v) is 6.58. The standard InChI is InChI=1S/C31H44N4O8S/c1-6-26-20-35(44(38,39)28-10-8-7-9-27(28)43-26)18-24-17-23(12-11-22(24)2)29(31(3,4)30(36)37)42-21-25-19-34(33-32-25)13-14-41-16-15-40-5/h7-12,17,19,26,29,38-39H,6,13-16,18,20-21H2,1-5H3,(H,36,37). The number of hydrogen-bond acceptors (Lipinski definition) is 10. The zero-order valence-corrected chi connectivity index (χ0v) is 26.8. The van der Waals surface area contributed by atoms with Gasteiger partial charge in [0.1, 0.15) is 22.4 Å². The molecule has 2 unspecified atom stereocenters. The third-order valence-electron chi connectivity index (χ3n) is 7.77. The molecule has 44 heavy (non-hydrogen) atoms. The highest BCUT2D eigenvalue weighted by molar-refractivity contribution is 8.22. The number of methoxy groups -OCH3 is 1. The van der Waals surface area contributed by atoms with Gasteiger partial charge in [-0.15, -0.1) is 15.9 Å². The van der Waals surface area contributed by atoms with Crippen LogP contribution in [0.3, 0.4) is 0 Å². The van der Waals surface area contributed by atoms with Gasteiger partial charge in [-0.3, -0.25) is 13.9 Å². The Bertz CT molecular complexity index is 1400. The third-order valence-corrected chi connectivity index (χ3v) is 9.70. The van der Waals surface area contributed by atoms with Crippen molar-refractivity contribution in [3.63, 3.8) is 0 Å². The van der Waals surface area contributed by atoms with Gasteiger partial charge in [0.25, 0.3) is 0 Å². The van der Waals surface area contributed by atoms with Crippen LogP contribution in [0.2, 0.25) is 0 Å². The minimum absolute atomic E-state index is 0.0497. The molecule has 0 spiro atoms. The van der Waals surface area contributed by atoms with Crippen molar-refractivity contribution in [1.82, 2.24) is 19.3 Å². The van der Waals surface area contributed by atoms with E-state index in [1.54, 1.807) is 54.3 Å². The van der Waals surface area contributed by atoms with E-state index < -0.39 is 28.3 Å². The van der Waals surface area contributed by atoms with Gasteiger partial charge in [0.2, 0.25) is 0 Å². The molecule has 2 aromatic carbocycles. The summed E-state index contributed by atoms with van der Waals surface area (Å²) in [6.07, 6.45) is 1.37. The molecular formula is C31H44N4O8S. The Morgan fingerprint density at radius 2 is 1.95 bits per heavy atom. The number of fused-ring (bicyclic) bond motifs is 1. The van der Waals surface area contributed by atoms with Crippen molar-refractivity contribution in [2.75, 3.05) is 33.5 Å². The highest BCUT2D eigenvalue weighted by atomic mass is 32.3. The molecule has 3 aromatic rings. The van der Waals surface area contributed by atoms with Gasteiger partial charge < -0.3 is 24.1 Å². The fraction of sp³-hybridized carbons (Fsp3) is 0.516. The monoisotopic (exact) mass is 632 g/mol. The second-order valence-electron chi connectivity index (χ2n) is 11.4. The van der Waals surface area contributed by atoms with Crippen LogP contribution in [-0.2, 0) is 38.7 Å². The van der Waals surface area contributed by atoms with Crippen molar-refractivity contribution in [3.8, 4) is 5.75 Å². The lowest BCUT2D eigenvalue weighted by molar-refractivity contribution is -0.158. The van der Waals surface area contributed by atoms with Gasteiger partial charge in [0.15, 0.2) is 0 Å². The fourth-order valence-electron chi connectivity index (χ4n) is 4.96. The van der Waals surface area contributed by atoms with Crippen LogP contribution in [0.15, 0.2) is 53.6 Å². The molecule has 242 valence electrons. The van der Waals surface area contributed by atoms with Crippen molar-refractivity contribution in [2.24, 2.45) is 5.41 Å². The topological polar surface area (TPSA) is 149 Å². The molecule has 1 aliphatic heterocycles. The molecule has 2 heterocycles. The zero-order chi connectivity index (χ0) is 31.9. The zero-order valence-electron chi connectivity index (χ0n) is 26.0. The lowest BCUT2D eigenvalue weighted by atomic mass is 9.81. The molecule has 0 fully saturated rings. The normalized spacial score (nSPS) is 18.2. The third kappa shape index (κ3) is 7.96. The molecule has 4 rings (SSSR count). The molecule has 0 aliphatic carbocycles. The largest absolute Gasteiger partial charge is 0.487 e. The predicted molar refractivity (Wildman–Crippen MR) is 166 cm³/mol. The average Bonchev–Trinajstić information content (AvgIpc) is 3.41. The maximum absolute atomic E-state index is 12.4. The summed E-state index contributed by atoms with van der Waals surface area (Å²) in [7, 11) is -1.74. The van der Waals surface area contributed by atoms with Crippen LogP contribution in [0, 0.1) is 12.3 Å². The molecule has 0 saturated heterocycles. The summed E-state index contributed by atoms with van der Waals surface area (Å²) in [5.74, 6) is -0.540. The molecule has 1 aliphatic rings. The van der Waals surface area contributed by atoms with Crippen LogP contribution < -0.4 is 4.74 Å². The Morgan fingerprint density at radius 3 is 2.68 bits per heavy atom. The number of para-hydroxylation sites is 1. The van der Waals surface area contributed by atoms with E-state index in [-0.39, 0.29) is 19.3 Å². The van der Waals surface area contributed by atoms with E-state index in [4.69, 9.17) is 18.9 Å². The first kappa shape index (κ1) is 33.8. The minimum Gasteiger partial charge on any atom is -0.487 e. The Kier molecular flexibility index (Phi) is 11.4. The summed E-state index contributed by atoms with van der Waals surface area (Å²) in [5.41, 5.74) is 1.68. The van der Waals surface area contributed by atoms with E-state index in [0.29, 0.717) is 61.2 Å². The number of aromatic nitrogens is 3. The predicted octanol–water partition coefficient (Wildman–Crippen LogP) is 5.32. The second kappa shape index (κ2) is 14.8. The molecule has 1 aromatic heterocycles. The summed E-state index contributed by atoms with van der Waals surface area (Å²) in [5, 5.41) is 18.4. The molecule has 3 N–H and O–H groups in total.